The average molecular weight is 290 g/mol. The second kappa shape index (κ2) is 5.55. The lowest BCUT2D eigenvalue weighted by molar-refractivity contribution is 0.162. The predicted molar refractivity (Wildman–Crippen MR) is 70.4 cm³/mol. The van der Waals surface area contributed by atoms with E-state index in [1.165, 1.54) is 6.20 Å². The van der Waals surface area contributed by atoms with Gasteiger partial charge in [-0.1, -0.05) is 18.0 Å². The number of pyridine rings is 1. The van der Waals surface area contributed by atoms with Crippen LogP contribution in [-0.2, 0) is 16.3 Å². The van der Waals surface area contributed by atoms with Gasteiger partial charge in [0, 0.05) is 18.8 Å². The molecular weight excluding hydrogens is 274 g/mol. The van der Waals surface area contributed by atoms with Crippen LogP contribution in [0.5, 0.6) is 0 Å². The van der Waals surface area contributed by atoms with Crippen LogP contribution in [0.2, 0.25) is 5.02 Å². The molecule has 6 heteroatoms. The van der Waals surface area contributed by atoms with Gasteiger partial charge in [0.15, 0.2) is 9.84 Å². The Morgan fingerprint density at radius 2 is 2.28 bits per heavy atom. The van der Waals surface area contributed by atoms with Crippen molar-refractivity contribution >= 4 is 21.4 Å². The normalized spacial score (nSPS) is 24.7. The first-order valence-corrected chi connectivity index (χ1v) is 8.08. The molecule has 4 nitrogen and oxygen atoms in total. The van der Waals surface area contributed by atoms with Crippen molar-refractivity contribution in [2.45, 2.75) is 37.0 Å². The molecule has 2 unspecified atom stereocenters. The van der Waals surface area contributed by atoms with Gasteiger partial charge in [-0.2, -0.15) is 0 Å². The van der Waals surface area contributed by atoms with Gasteiger partial charge in [-0.05, 0) is 24.5 Å². The highest BCUT2D eigenvalue weighted by Gasteiger charge is 2.34. The Balaban J connectivity index is 2.12. The summed E-state index contributed by atoms with van der Waals surface area (Å²) in [6, 6.07) is 1.71. The summed E-state index contributed by atoms with van der Waals surface area (Å²) in [7, 11) is -3.16. The van der Waals surface area contributed by atoms with E-state index >= 15 is 0 Å². The van der Waals surface area contributed by atoms with Crippen LogP contribution in [0.15, 0.2) is 18.5 Å². The summed E-state index contributed by atoms with van der Waals surface area (Å²) >= 11 is 5.96. The topological polar surface area (TPSA) is 67.3 Å². The Labute approximate surface area is 112 Å². The molecule has 18 heavy (non-hydrogen) atoms. The summed E-state index contributed by atoms with van der Waals surface area (Å²) in [6.07, 6.45) is 4.53. The molecule has 1 aromatic heterocycles. The molecule has 0 bridgehead atoms. The Morgan fingerprint density at radius 1 is 1.50 bits per heavy atom. The molecule has 2 heterocycles. The maximum Gasteiger partial charge on any atom is 0.155 e. The molecule has 2 rings (SSSR count). The van der Waals surface area contributed by atoms with E-state index in [0.29, 0.717) is 17.9 Å². The summed E-state index contributed by atoms with van der Waals surface area (Å²) in [5.74, 6) is 0.179. The van der Waals surface area contributed by atoms with E-state index in [2.05, 4.69) is 4.98 Å². The minimum Gasteiger partial charge on any atom is -0.391 e. The van der Waals surface area contributed by atoms with Crippen molar-refractivity contribution in [3.05, 3.63) is 29.0 Å². The number of aliphatic hydroxyl groups is 1. The standard InChI is InChI=1S/C12H16ClNO3S/c13-10-8-14-5-4-9(10)7-11(15)12-3-1-2-6-18(12,16)17/h4-5,8,11-12,15H,1-3,6-7H2. The fourth-order valence-corrected chi connectivity index (χ4v) is 4.54. The molecule has 0 spiro atoms. The molecule has 0 saturated carbocycles. The smallest absolute Gasteiger partial charge is 0.155 e. The number of rotatable bonds is 3. The molecule has 1 aliphatic heterocycles. The van der Waals surface area contributed by atoms with Crippen LogP contribution < -0.4 is 0 Å². The lowest BCUT2D eigenvalue weighted by Gasteiger charge is -2.26. The van der Waals surface area contributed by atoms with Gasteiger partial charge in [0.25, 0.3) is 0 Å². The fraction of sp³-hybridized carbons (Fsp3) is 0.583. The summed E-state index contributed by atoms with van der Waals surface area (Å²) in [4.78, 5) is 3.86. The van der Waals surface area contributed by atoms with Crippen LogP contribution in [0.1, 0.15) is 24.8 Å². The first-order chi connectivity index (χ1) is 8.50. The molecule has 2 atom stereocenters. The zero-order chi connectivity index (χ0) is 13.2. The van der Waals surface area contributed by atoms with Gasteiger partial charge >= 0.3 is 0 Å². The van der Waals surface area contributed by atoms with Gasteiger partial charge in [0.1, 0.15) is 0 Å². The maximum absolute atomic E-state index is 11.9. The molecule has 0 radical (unpaired) electrons. The first-order valence-electron chi connectivity index (χ1n) is 5.99. The third-order valence-electron chi connectivity index (χ3n) is 3.34. The highest BCUT2D eigenvalue weighted by atomic mass is 35.5. The second-order valence-electron chi connectivity index (χ2n) is 4.64. The molecule has 1 fully saturated rings. The zero-order valence-electron chi connectivity index (χ0n) is 9.92. The second-order valence-corrected chi connectivity index (χ2v) is 7.39. The molecule has 0 aromatic carbocycles. The van der Waals surface area contributed by atoms with Crippen molar-refractivity contribution < 1.29 is 13.5 Å². The summed E-state index contributed by atoms with van der Waals surface area (Å²) in [5, 5.41) is 9.94. The third-order valence-corrected chi connectivity index (χ3v) is 6.01. The molecule has 100 valence electrons. The number of hydrogen-bond donors (Lipinski definition) is 1. The number of halogens is 1. The molecule has 1 aromatic rings. The number of sulfone groups is 1. The van der Waals surface area contributed by atoms with Gasteiger partial charge in [0.2, 0.25) is 0 Å². The van der Waals surface area contributed by atoms with Crippen molar-refractivity contribution in [1.29, 1.82) is 0 Å². The number of aliphatic hydroxyl groups excluding tert-OH is 1. The van der Waals surface area contributed by atoms with Gasteiger partial charge in [0.05, 0.1) is 22.1 Å². The van der Waals surface area contributed by atoms with Crippen LogP contribution in [0.4, 0.5) is 0 Å². The number of nitrogens with zero attached hydrogens (tertiary/aromatic N) is 1. The molecular formula is C12H16ClNO3S. The van der Waals surface area contributed by atoms with Crippen molar-refractivity contribution in [3.8, 4) is 0 Å². The number of aromatic nitrogens is 1. The average Bonchev–Trinajstić information content (AvgIpc) is 2.31. The minimum atomic E-state index is -3.16. The summed E-state index contributed by atoms with van der Waals surface area (Å²) in [6.45, 7) is 0. The summed E-state index contributed by atoms with van der Waals surface area (Å²) in [5.41, 5.74) is 0.736. The van der Waals surface area contributed by atoms with Crippen molar-refractivity contribution in [2.24, 2.45) is 0 Å². The van der Waals surface area contributed by atoms with E-state index in [-0.39, 0.29) is 12.2 Å². The Hall–Kier alpha value is -0.650. The molecule has 1 N–H and O–H groups in total. The van der Waals surface area contributed by atoms with Gasteiger partial charge in [-0.15, -0.1) is 0 Å². The monoisotopic (exact) mass is 289 g/mol. The van der Waals surface area contributed by atoms with E-state index in [4.69, 9.17) is 11.6 Å². The predicted octanol–water partition coefficient (Wildman–Crippen LogP) is 1.61. The Bertz CT molecular complexity index is 518. The number of hydrogen-bond acceptors (Lipinski definition) is 4. The largest absolute Gasteiger partial charge is 0.391 e. The van der Waals surface area contributed by atoms with Crippen molar-refractivity contribution in [1.82, 2.24) is 4.98 Å². The third kappa shape index (κ3) is 3.02. The van der Waals surface area contributed by atoms with E-state index < -0.39 is 21.2 Å². The minimum absolute atomic E-state index is 0.179. The molecule has 0 aliphatic carbocycles. The van der Waals surface area contributed by atoms with E-state index in [1.807, 2.05) is 0 Å². The van der Waals surface area contributed by atoms with Gasteiger partial charge in [-0.3, -0.25) is 4.98 Å². The molecule has 1 aliphatic rings. The van der Waals surface area contributed by atoms with Crippen LogP contribution in [-0.4, -0.2) is 35.6 Å². The Morgan fingerprint density at radius 3 is 2.94 bits per heavy atom. The highest BCUT2D eigenvalue weighted by Crippen LogP contribution is 2.25. The van der Waals surface area contributed by atoms with Crippen LogP contribution >= 0.6 is 11.6 Å². The van der Waals surface area contributed by atoms with Crippen LogP contribution in [0.3, 0.4) is 0 Å². The first kappa shape index (κ1) is 13.8. The zero-order valence-corrected chi connectivity index (χ0v) is 11.5. The quantitative estimate of drug-likeness (QED) is 0.918. The van der Waals surface area contributed by atoms with E-state index in [0.717, 1.165) is 12.0 Å². The lowest BCUT2D eigenvalue weighted by atomic mass is 10.0. The highest BCUT2D eigenvalue weighted by molar-refractivity contribution is 7.92. The molecule has 0 amide bonds. The Kier molecular flexibility index (Phi) is 4.25. The fourth-order valence-electron chi connectivity index (χ4n) is 2.34. The van der Waals surface area contributed by atoms with Crippen molar-refractivity contribution in [2.75, 3.05) is 5.75 Å². The SMILES string of the molecule is O=S1(=O)CCCCC1C(O)Cc1ccncc1Cl. The van der Waals surface area contributed by atoms with Crippen LogP contribution in [0, 0.1) is 0 Å². The van der Waals surface area contributed by atoms with Crippen LogP contribution in [0.25, 0.3) is 0 Å². The molecule has 1 saturated heterocycles. The van der Waals surface area contributed by atoms with Gasteiger partial charge in [-0.25, -0.2) is 8.42 Å². The summed E-state index contributed by atoms with van der Waals surface area (Å²) < 4.78 is 23.8. The van der Waals surface area contributed by atoms with Crippen molar-refractivity contribution in [3.63, 3.8) is 0 Å². The van der Waals surface area contributed by atoms with Gasteiger partial charge < -0.3 is 5.11 Å². The van der Waals surface area contributed by atoms with E-state index in [1.54, 1.807) is 12.3 Å². The maximum atomic E-state index is 11.9. The lowest BCUT2D eigenvalue weighted by Crippen LogP contribution is -2.39. The van der Waals surface area contributed by atoms with E-state index in [9.17, 15) is 13.5 Å².